The molecule has 0 saturated heterocycles. The van der Waals surface area contributed by atoms with E-state index in [0.717, 1.165) is 44.9 Å². The molecule has 8 nitrogen and oxygen atoms in total. The molecule has 1 amide bonds. The fourth-order valence-electron chi connectivity index (χ4n) is 10.6. The Labute approximate surface area is 499 Å². The van der Waals surface area contributed by atoms with Crippen molar-refractivity contribution in [3.05, 3.63) is 48.6 Å². The SMILES string of the molecule is CCCCCCC/C=C\C/C=C\CCCCCCCCCCCCCCCCCCCCCC(=O)NC(COP(=O)([O-])OCC[N+](C)(C)C)C(O)/C=C/CC/C=C/CCCCCCCCCCCCCCCCCCCCCCC. The molecule has 0 spiro atoms. The van der Waals surface area contributed by atoms with Crippen LogP contribution in [-0.4, -0.2) is 68.5 Å². The van der Waals surface area contributed by atoms with Crippen molar-refractivity contribution in [3.63, 3.8) is 0 Å². The fraction of sp³-hybridized carbons (Fsp3) is 0.873. The molecule has 472 valence electrons. The number of phosphoric ester groups is 1. The lowest BCUT2D eigenvalue weighted by molar-refractivity contribution is -0.870. The summed E-state index contributed by atoms with van der Waals surface area (Å²) >= 11 is 0. The summed E-state index contributed by atoms with van der Waals surface area (Å²) in [4.78, 5) is 25.6. The van der Waals surface area contributed by atoms with Crippen LogP contribution < -0.4 is 10.2 Å². The van der Waals surface area contributed by atoms with E-state index in [1.165, 1.54) is 283 Å². The lowest BCUT2D eigenvalue weighted by Gasteiger charge is -2.29. The minimum atomic E-state index is -4.61. The average Bonchev–Trinajstić information content (AvgIpc) is 3.42. The van der Waals surface area contributed by atoms with Crippen LogP contribution >= 0.6 is 7.82 Å². The molecule has 0 aliphatic heterocycles. The van der Waals surface area contributed by atoms with Gasteiger partial charge < -0.3 is 28.8 Å². The summed E-state index contributed by atoms with van der Waals surface area (Å²) < 4.78 is 23.4. The van der Waals surface area contributed by atoms with Gasteiger partial charge in [0.15, 0.2) is 0 Å². The molecule has 9 heteroatoms. The lowest BCUT2D eigenvalue weighted by atomic mass is 10.0. The molecule has 3 atom stereocenters. The number of allylic oxidation sites excluding steroid dienone is 7. The summed E-state index contributed by atoms with van der Waals surface area (Å²) in [6, 6.07) is -0.905. The van der Waals surface area contributed by atoms with Gasteiger partial charge in [-0.2, -0.15) is 0 Å². The van der Waals surface area contributed by atoms with Crippen LogP contribution in [0.25, 0.3) is 0 Å². The Morgan fingerprint density at radius 1 is 0.438 bits per heavy atom. The first-order chi connectivity index (χ1) is 39.0. The predicted molar refractivity (Wildman–Crippen MR) is 348 cm³/mol. The Morgan fingerprint density at radius 2 is 0.738 bits per heavy atom. The first-order valence-corrected chi connectivity index (χ1v) is 36.5. The first kappa shape index (κ1) is 78.5. The van der Waals surface area contributed by atoms with E-state index in [0.29, 0.717) is 17.4 Å². The van der Waals surface area contributed by atoms with E-state index in [-0.39, 0.29) is 12.5 Å². The van der Waals surface area contributed by atoms with Gasteiger partial charge in [0.1, 0.15) is 13.2 Å². The summed E-state index contributed by atoms with van der Waals surface area (Å²) in [5.74, 6) is -0.201. The summed E-state index contributed by atoms with van der Waals surface area (Å²) in [6.07, 6.45) is 83.8. The van der Waals surface area contributed by atoms with Gasteiger partial charge in [0, 0.05) is 6.42 Å². The number of aliphatic hydroxyl groups is 1. The van der Waals surface area contributed by atoms with Crippen molar-refractivity contribution in [1.29, 1.82) is 0 Å². The van der Waals surface area contributed by atoms with Gasteiger partial charge in [-0.25, -0.2) is 0 Å². The van der Waals surface area contributed by atoms with Gasteiger partial charge in [0.2, 0.25) is 5.91 Å². The Kier molecular flexibility index (Phi) is 60.8. The van der Waals surface area contributed by atoms with Crippen molar-refractivity contribution in [2.24, 2.45) is 0 Å². The normalized spacial score (nSPS) is 13.9. The molecule has 3 unspecified atom stereocenters. The average molecular weight is 1150 g/mol. The number of amides is 1. The van der Waals surface area contributed by atoms with Crippen molar-refractivity contribution in [2.45, 2.75) is 360 Å². The second kappa shape index (κ2) is 62.0. The molecule has 80 heavy (non-hydrogen) atoms. The number of quaternary nitrogens is 1. The van der Waals surface area contributed by atoms with Crippen LogP contribution in [0.1, 0.15) is 348 Å². The van der Waals surface area contributed by atoms with E-state index < -0.39 is 26.6 Å². The Hall–Kier alpha value is -1.54. The zero-order valence-electron chi connectivity index (χ0n) is 54.0. The van der Waals surface area contributed by atoms with Crippen LogP contribution in [0, 0.1) is 0 Å². The van der Waals surface area contributed by atoms with Crippen LogP contribution in [0.4, 0.5) is 0 Å². The molecule has 0 aromatic rings. The number of carbonyl (C=O) groups is 1. The van der Waals surface area contributed by atoms with Gasteiger partial charge in [-0.05, 0) is 64.2 Å². The zero-order chi connectivity index (χ0) is 58.4. The number of unbranched alkanes of at least 4 members (excludes halogenated alkanes) is 46. The molecular weight excluding hydrogens is 1010 g/mol. The predicted octanol–water partition coefficient (Wildman–Crippen LogP) is 21.6. The molecule has 2 N–H and O–H groups in total. The lowest BCUT2D eigenvalue weighted by Crippen LogP contribution is -2.45. The van der Waals surface area contributed by atoms with E-state index in [1.54, 1.807) is 6.08 Å². The number of aliphatic hydroxyl groups excluding tert-OH is 1. The number of carbonyl (C=O) groups excluding carboxylic acids is 1. The van der Waals surface area contributed by atoms with E-state index >= 15 is 0 Å². The van der Waals surface area contributed by atoms with Crippen LogP contribution in [0.2, 0.25) is 0 Å². The van der Waals surface area contributed by atoms with Gasteiger partial charge in [0.25, 0.3) is 7.82 Å². The quantitative estimate of drug-likeness (QED) is 0.0272. The second-order valence-electron chi connectivity index (χ2n) is 25.2. The summed E-state index contributed by atoms with van der Waals surface area (Å²) in [5, 5.41) is 13.9. The van der Waals surface area contributed by atoms with Gasteiger partial charge >= 0.3 is 0 Å². The molecule has 0 radical (unpaired) electrons. The number of hydrogen-bond donors (Lipinski definition) is 2. The van der Waals surface area contributed by atoms with Gasteiger partial charge in [-0.15, -0.1) is 0 Å². The standard InChI is InChI=1S/C71H137N2O6P/c1-6-8-10-12-14-16-18-20-22-24-26-28-30-32-34-35-36-37-39-41-43-45-47-49-51-53-55-57-59-61-63-65-71(75)72-69(68-79-80(76,77)78-67-66-73(3,4)5)70(74)64-62-60-58-56-54-52-50-48-46-44-42-40-38-33-31-29-27-25-23-21-19-17-15-13-11-9-7-2/h18,20,24,26,54,56,62,64,69-70,74H,6-17,19,21-23,25,27-53,55,57-61,63,65-68H2,1-5H3,(H-,72,75,76,77)/b20-18-,26-24-,56-54+,64-62+. The maximum absolute atomic E-state index is 13.0. The van der Waals surface area contributed by atoms with E-state index in [9.17, 15) is 19.4 Å². The number of likely N-dealkylation sites (N-methyl/N-ethyl adjacent to an activating group) is 1. The number of nitrogens with one attached hydrogen (secondary N) is 1. The molecule has 0 aliphatic carbocycles. The van der Waals surface area contributed by atoms with Crippen LogP contribution in [0.5, 0.6) is 0 Å². The third-order valence-corrected chi connectivity index (χ3v) is 17.0. The van der Waals surface area contributed by atoms with Gasteiger partial charge in [-0.1, -0.05) is 326 Å². The highest BCUT2D eigenvalue weighted by Gasteiger charge is 2.23. The smallest absolute Gasteiger partial charge is 0.268 e. The Morgan fingerprint density at radius 3 is 1.09 bits per heavy atom. The molecule has 0 bridgehead atoms. The van der Waals surface area contributed by atoms with Crippen molar-refractivity contribution < 1.29 is 32.9 Å². The highest BCUT2D eigenvalue weighted by Crippen LogP contribution is 2.38. The third-order valence-electron chi connectivity index (χ3n) is 16.0. The minimum Gasteiger partial charge on any atom is -0.756 e. The van der Waals surface area contributed by atoms with E-state index in [4.69, 9.17) is 9.05 Å². The third kappa shape index (κ3) is 64.0. The molecule has 0 aromatic heterocycles. The van der Waals surface area contributed by atoms with Crippen molar-refractivity contribution >= 4 is 13.7 Å². The molecule has 0 fully saturated rings. The van der Waals surface area contributed by atoms with E-state index in [2.05, 4.69) is 55.6 Å². The second-order valence-corrected chi connectivity index (χ2v) is 26.6. The Bertz CT molecular complexity index is 1440. The molecule has 0 heterocycles. The maximum atomic E-state index is 13.0. The van der Waals surface area contributed by atoms with Crippen molar-refractivity contribution in [2.75, 3.05) is 40.9 Å². The summed E-state index contributed by atoms with van der Waals surface area (Å²) in [5.41, 5.74) is 0. The fourth-order valence-corrected chi connectivity index (χ4v) is 11.3. The Balaban J connectivity index is 4.08. The molecule has 0 saturated carbocycles. The summed E-state index contributed by atoms with van der Waals surface area (Å²) in [6.45, 7) is 4.67. The monoisotopic (exact) mass is 1150 g/mol. The highest BCUT2D eigenvalue weighted by atomic mass is 31.2. The summed E-state index contributed by atoms with van der Waals surface area (Å²) in [7, 11) is 1.26. The number of hydrogen-bond acceptors (Lipinski definition) is 6. The highest BCUT2D eigenvalue weighted by molar-refractivity contribution is 7.45. The topological polar surface area (TPSA) is 108 Å². The number of phosphoric acid groups is 1. The molecule has 0 aromatic carbocycles. The van der Waals surface area contributed by atoms with Crippen LogP contribution in [-0.2, 0) is 18.4 Å². The molecule has 0 aliphatic rings. The zero-order valence-corrected chi connectivity index (χ0v) is 54.9. The van der Waals surface area contributed by atoms with Crippen LogP contribution in [0.15, 0.2) is 48.6 Å². The largest absolute Gasteiger partial charge is 0.756 e. The number of rotatable bonds is 65. The van der Waals surface area contributed by atoms with Gasteiger partial charge in [0.05, 0.1) is 39.9 Å². The first-order valence-electron chi connectivity index (χ1n) is 35.0. The van der Waals surface area contributed by atoms with Crippen molar-refractivity contribution in [3.8, 4) is 0 Å². The molecule has 0 rings (SSSR count). The van der Waals surface area contributed by atoms with Crippen molar-refractivity contribution in [1.82, 2.24) is 5.32 Å². The minimum absolute atomic E-state index is 0.00535. The maximum Gasteiger partial charge on any atom is 0.268 e. The molecular formula is C71H137N2O6P. The number of nitrogens with zero attached hydrogens (tertiary/aromatic N) is 1. The van der Waals surface area contributed by atoms with Gasteiger partial charge in [-0.3, -0.25) is 9.36 Å². The van der Waals surface area contributed by atoms with E-state index in [1.807, 2.05) is 27.2 Å². The van der Waals surface area contributed by atoms with Crippen LogP contribution in [0.3, 0.4) is 0 Å².